The van der Waals surface area contributed by atoms with E-state index in [-0.39, 0.29) is 11.0 Å². The lowest BCUT2D eigenvalue weighted by atomic mass is 10.2. The summed E-state index contributed by atoms with van der Waals surface area (Å²) in [5.41, 5.74) is 6.02. The molecule has 1 saturated heterocycles. The van der Waals surface area contributed by atoms with E-state index in [4.69, 9.17) is 15.2 Å². The van der Waals surface area contributed by atoms with Crippen LogP contribution in [0.15, 0.2) is 23.1 Å². The third kappa shape index (κ3) is 3.62. The molecule has 2 rings (SSSR count). The van der Waals surface area contributed by atoms with Crippen LogP contribution >= 0.6 is 0 Å². The van der Waals surface area contributed by atoms with Crippen LogP contribution in [-0.4, -0.2) is 34.8 Å². The summed E-state index contributed by atoms with van der Waals surface area (Å²) in [6.45, 7) is 1.13. The summed E-state index contributed by atoms with van der Waals surface area (Å²) < 4.78 is 37.2. The molecule has 0 aromatic heterocycles. The molecule has 0 aliphatic carbocycles. The van der Waals surface area contributed by atoms with Gasteiger partial charge in [0.15, 0.2) is 0 Å². The highest BCUT2D eigenvalue weighted by atomic mass is 32.2. The zero-order valence-corrected chi connectivity index (χ0v) is 12.3. The lowest BCUT2D eigenvalue weighted by Crippen LogP contribution is -2.27. The normalized spacial score (nSPS) is 19.1. The Bertz CT molecular complexity index is 553. The molecule has 20 heavy (non-hydrogen) atoms. The number of ether oxygens (including phenoxy) is 2. The highest BCUT2D eigenvalue weighted by Crippen LogP contribution is 2.24. The molecule has 6 nitrogen and oxygen atoms in total. The Morgan fingerprint density at radius 3 is 2.90 bits per heavy atom. The summed E-state index contributed by atoms with van der Waals surface area (Å²) in [7, 11) is -2.05. The number of methoxy groups -OCH3 is 1. The van der Waals surface area contributed by atoms with Gasteiger partial charge in [-0.15, -0.1) is 0 Å². The first-order valence-corrected chi connectivity index (χ1v) is 8.06. The van der Waals surface area contributed by atoms with Crippen molar-refractivity contribution in [3.05, 3.63) is 18.2 Å². The summed E-state index contributed by atoms with van der Waals surface area (Å²) in [4.78, 5) is 0.142. The maximum atomic E-state index is 12.1. The van der Waals surface area contributed by atoms with Crippen molar-refractivity contribution in [1.29, 1.82) is 0 Å². The fraction of sp³-hybridized carbons (Fsp3) is 0.538. The van der Waals surface area contributed by atoms with Crippen molar-refractivity contribution < 1.29 is 17.9 Å². The molecule has 1 aromatic carbocycles. The highest BCUT2D eigenvalue weighted by Gasteiger charge is 2.18. The lowest BCUT2D eigenvalue weighted by Gasteiger charge is -2.11. The van der Waals surface area contributed by atoms with Crippen LogP contribution in [0.4, 0.5) is 5.69 Å². The van der Waals surface area contributed by atoms with Crippen LogP contribution in [0, 0.1) is 0 Å². The molecule has 1 atom stereocenters. The van der Waals surface area contributed by atoms with Gasteiger partial charge in [-0.2, -0.15) is 0 Å². The van der Waals surface area contributed by atoms with Crippen LogP contribution in [0.25, 0.3) is 0 Å². The number of hydrogen-bond acceptors (Lipinski definition) is 5. The Morgan fingerprint density at radius 1 is 1.50 bits per heavy atom. The molecule has 0 bridgehead atoms. The third-order valence-electron chi connectivity index (χ3n) is 3.29. The number of rotatable bonds is 6. The van der Waals surface area contributed by atoms with Gasteiger partial charge in [-0.3, -0.25) is 0 Å². The Labute approximate surface area is 119 Å². The molecule has 0 radical (unpaired) electrons. The van der Waals surface area contributed by atoms with E-state index in [0.717, 1.165) is 19.4 Å². The topological polar surface area (TPSA) is 90.7 Å². The van der Waals surface area contributed by atoms with Gasteiger partial charge in [0.25, 0.3) is 0 Å². The van der Waals surface area contributed by atoms with Crippen LogP contribution in [0.3, 0.4) is 0 Å². The highest BCUT2D eigenvalue weighted by molar-refractivity contribution is 7.89. The van der Waals surface area contributed by atoms with Gasteiger partial charge in [0, 0.05) is 13.2 Å². The first-order chi connectivity index (χ1) is 9.53. The molecule has 0 amide bonds. The minimum atomic E-state index is -3.54. The third-order valence-corrected chi connectivity index (χ3v) is 4.75. The molecule has 1 fully saturated rings. The molecular weight excluding hydrogens is 280 g/mol. The summed E-state index contributed by atoms with van der Waals surface area (Å²) in [6.07, 6.45) is 2.90. The van der Waals surface area contributed by atoms with Crippen LogP contribution in [0.1, 0.15) is 19.3 Å². The van der Waals surface area contributed by atoms with Crippen molar-refractivity contribution in [1.82, 2.24) is 4.72 Å². The zero-order chi connectivity index (χ0) is 14.6. The van der Waals surface area contributed by atoms with Gasteiger partial charge in [0.2, 0.25) is 10.0 Å². The molecular formula is C13H20N2O4S. The quantitative estimate of drug-likeness (QED) is 0.768. The smallest absolute Gasteiger partial charge is 0.240 e. The summed E-state index contributed by atoms with van der Waals surface area (Å²) in [5, 5.41) is 0. The summed E-state index contributed by atoms with van der Waals surface area (Å²) >= 11 is 0. The van der Waals surface area contributed by atoms with Crippen molar-refractivity contribution in [3.8, 4) is 5.75 Å². The molecule has 1 heterocycles. The standard InChI is InChI=1S/C13H20N2O4S/c1-18-13-5-4-11(9-12(13)14)20(16,17)15-7-6-10-3-2-8-19-10/h4-5,9-10,15H,2-3,6-8,14H2,1H3. The van der Waals surface area contributed by atoms with E-state index < -0.39 is 10.0 Å². The van der Waals surface area contributed by atoms with E-state index in [1.807, 2.05) is 0 Å². The Hall–Kier alpha value is -1.31. The van der Waals surface area contributed by atoms with Crippen LogP contribution in [0.5, 0.6) is 5.75 Å². The Kier molecular flexibility index (Phi) is 4.85. The van der Waals surface area contributed by atoms with E-state index in [1.165, 1.54) is 19.2 Å². The number of sulfonamides is 1. The lowest BCUT2D eigenvalue weighted by molar-refractivity contribution is 0.105. The molecule has 1 unspecified atom stereocenters. The minimum absolute atomic E-state index is 0.142. The predicted molar refractivity (Wildman–Crippen MR) is 76.2 cm³/mol. The van der Waals surface area contributed by atoms with Gasteiger partial charge in [-0.05, 0) is 37.5 Å². The number of anilines is 1. The van der Waals surface area contributed by atoms with Gasteiger partial charge < -0.3 is 15.2 Å². The van der Waals surface area contributed by atoms with Crippen molar-refractivity contribution in [2.75, 3.05) is 26.0 Å². The number of nitrogen functional groups attached to an aromatic ring is 1. The SMILES string of the molecule is COc1ccc(S(=O)(=O)NCCC2CCCO2)cc1N. The van der Waals surface area contributed by atoms with Gasteiger partial charge >= 0.3 is 0 Å². The molecule has 1 aliphatic heterocycles. The summed E-state index contributed by atoms with van der Waals surface area (Å²) in [6, 6.07) is 4.42. The van der Waals surface area contributed by atoms with Crippen molar-refractivity contribution in [2.24, 2.45) is 0 Å². The Morgan fingerprint density at radius 2 is 2.30 bits per heavy atom. The molecule has 1 aromatic rings. The molecule has 0 spiro atoms. The monoisotopic (exact) mass is 300 g/mol. The molecule has 7 heteroatoms. The maximum absolute atomic E-state index is 12.1. The fourth-order valence-corrected chi connectivity index (χ4v) is 3.27. The van der Waals surface area contributed by atoms with Gasteiger partial charge in [-0.1, -0.05) is 0 Å². The molecule has 112 valence electrons. The van der Waals surface area contributed by atoms with Crippen LogP contribution in [-0.2, 0) is 14.8 Å². The van der Waals surface area contributed by atoms with Gasteiger partial charge in [0.1, 0.15) is 5.75 Å². The Balaban J connectivity index is 1.96. The van der Waals surface area contributed by atoms with Gasteiger partial charge in [0.05, 0.1) is 23.8 Å². The largest absolute Gasteiger partial charge is 0.495 e. The van der Waals surface area contributed by atoms with Crippen molar-refractivity contribution in [2.45, 2.75) is 30.3 Å². The average Bonchev–Trinajstić information content (AvgIpc) is 2.91. The first kappa shape index (κ1) is 15.1. The zero-order valence-electron chi connectivity index (χ0n) is 11.5. The second-order valence-electron chi connectivity index (χ2n) is 4.73. The first-order valence-electron chi connectivity index (χ1n) is 6.58. The number of hydrogen-bond donors (Lipinski definition) is 2. The molecule has 3 N–H and O–H groups in total. The second kappa shape index (κ2) is 6.43. The van der Waals surface area contributed by atoms with E-state index in [1.54, 1.807) is 6.07 Å². The summed E-state index contributed by atoms with van der Waals surface area (Å²) in [5.74, 6) is 0.461. The molecule has 1 aliphatic rings. The fourth-order valence-electron chi connectivity index (χ4n) is 2.19. The second-order valence-corrected chi connectivity index (χ2v) is 6.49. The van der Waals surface area contributed by atoms with Crippen LogP contribution in [0.2, 0.25) is 0 Å². The number of benzene rings is 1. The van der Waals surface area contributed by atoms with Crippen molar-refractivity contribution >= 4 is 15.7 Å². The molecule has 0 saturated carbocycles. The minimum Gasteiger partial charge on any atom is -0.495 e. The van der Waals surface area contributed by atoms with E-state index in [2.05, 4.69) is 4.72 Å². The van der Waals surface area contributed by atoms with Crippen molar-refractivity contribution in [3.63, 3.8) is 0 Å². The van der Waals surface area contributed by atoms with Gasteiger partial charge in [-0.25, -0.2) is 13.1 Å². The number of nitrogens with one attached hydrogen (secondary N) is 1. The number of nitrogens with two attached hydrogens (primary N) is 1. The van der Waals surface area contributed by atoms with E-state index in [9.17, 15) is 8.42 Å². The maximum Gasteiger partial charge on any atom is 0.240 e. The average molecular weight is 300 g/mol. The van der Waals surface area contributed by atoms with E-state index in [0.29, 0.717) is 24.4 Å². The predicted octanol–water partition coefficient (Wildman–Crippen LogP) is 1.12. The van der Waals surface area contributed by atoms with E-state index >= 15 is 0 Å². The van der Waals surface area contributed by atoms with Crippen LogP contribution < -0.4 is 15.2 Å².